The summed E-state index contributed by atoms with van der Waals surface area (Å²) < 4.78 is 1.58. The van der Waals surface area contributed by atoms with Crippen LogP contribution in [-0.2, 0) is 6.54 Å². The van der Waals surface area contributed by atoms with E-state index in [0.29, 0.717) is 28.4 Å². The summed E-state index contributed by atoms with van der Waals surface area (Å²) in [7, 11) is 0. The molecule has 0 spiro atoms. The number of hydrogen-bond acceptors (Lipinski definition) is 3. The van der Waals surface area contributed by atoms with Gasteiger partial charge in [0.05, 0.1) is 6.54 Å². The molecule has 3 aromatic carbocycles. The van der Waals surface area contributed by atoms with Gasteiger partial charge >= 0.3 is 0 Å². The van der Waals surface area contributed by atoms with Crippen molar-refractivity contribution in [2.45, 2.75) is 32.4 Å². The van der Waals surface area contributed by atoms with Crippen molar-refractivity contribution in [3.63, 3.8) is 0 Å². The molecular formula is C28H24N2O3. The maximum atomic E-state index is 13.2. The number of fused-ring (bicyclic) bond motifs is 1. The number of pyridine rings is 1. The lowest BCUT2D eigenvalue weighted by Crippen LogP contribution is -2.25. The van der Waals surface area contributed by atoms with Gasteiger partial charge in [0.25, 0.3) is 11.5 Å². The fourth-order valence-electron chi connectivity index (χ4n) is 4.15. The third-order valence-corrected chi connectivity index (χ3v) is 6.16. The van der Waals surface area contributed by atoms with Gasteiger partial charge in [0.2, 0.25) is 0 Å². The van der Waals surface area contributed by atoms with Crippen LogP contribution in [0.2, 0.25) is 0 Å². The minimum absolute atomic E-state index is 0.0723. The maximum Gasteiger partial charge on any atom is 0.258 e. The first-order valence-electron chi connectivity index (χ1n) is 11.1. The molecule has 0 saturated heterocycles. The first-order valence-corrected chi connectivity index (χ1v) is 11.1. The van der Waals surface area contributed by atoms with Crippen molar-refractivity contribution in [1.29, 1.82) is 0 Å². The fourth-order valence-corrected chi connectivity index (χ4v) is 4.15. The van der Waals surface area contributed by atoms with E-state index in [1.54, 1.807) is 16.8 Å². The Hall–Kier alpha value is -3.99. The summed E-state index contributed by atoms with van der Waals surface area (Å²) in [5.41, 5.74) is 4.71. The van der Waals surface area contributed by atoms with E-state index in [9.17, 15) is 14.4 Å². The molecule has 1 aliphatic rings. The van der Waals surface area contributed by atoms with Crippen LogP contribution < -0.4 is 10.9 Å². The molecule has 1 amide bonds. The van der Waals surface area contributed by atoms with Crippen molar-refractivity contribution >= 4 is 23.0 Å². The second-order valence-electron chi connectivity index (χ2n) is 8.66. The largest absolute Gasteiger partial charge is 0.349 e. The molecule has 0 bridgehead atoms. The fraction of sp³-hybridized carbons (Fsp3) is 0.179. The molecule has 0 radical (unpaired) electrons. The Morgan fingerprint density at radius 1 is 1.03 bits per heavy atom. The second kappa shape index (κ2) is 8.51. The minimum atomic E-state index is -0.139. The highest BCUT2D eigenvalue weighted by molar-refractivity contribution is 6.00. The van der Waals surface area contributed by atoms with E-state index in [4.69, 9.17) is 0 Å². The Balaban J connectivity index is 1.57. The molecule has 4 aromatic rings. The van der Waals surface area contributed by atoms with Gasteiger partial charge in [-0.3, -0.25) is 14.4 Å². The Kier molecular flexibility index (Phi) is 5.38. The Morgan fingerprint density at radius 3 is 2.55 bits per heavy atom. The van der Waals surface area contributed by atoms with Crippen LogP contribution in [0.4, 0.5) is 0 Å². The summed E-state index contributed by atoms with van der Waals surface area (Å²) >= 11 is 0. The third kappa shape index (κ3) is 4.22. The maximum absolute atomic E-state index is 13.2. The normalized spacial score (nSPS) is 13.1. The molecule has 5 nitrogen and oxygen atoms in total. The van der Waals surface area contributed by atoms with Crippen molar-refractivity contribution in [2.75, 3.05) is 0 Å². The molecule has 0 aliphatic heterocycles. The van der Waals surface area contributed by atoms with Crippen molar-refractivity contribution in [1.82, 2.24) is 9.88 Å². The van der Waals surface area contributed by atoms with Gasteiger partial charge in [-0.15, -0.1) is 0 Å². The van der Waals surface area contributed by atoms with E-state index in [0.717, 1.165) is 41.4 Å². The number of carbonyl (C=O) groups is 2. The van der Waals surface area contributed by atoms with E-state index < -0.39 is 0 Å². The topological polar surface area (TPSA) is 68.2 Å². The second-order valence-corrected chi connectivity index (χ2v) is 8.66. The van der Waals surface area contributed by atoms with Crippen molar-refractivity contribution in [2.24, 2.45) is 0 Å². The number of rotatable bonds is 6. The van der Waals surface area contributed by atoms with Crippen LogP contribution in [0.1, 0.15) is 44.7 Å². The highest BCUT2D eigenvalue weighted by Crippen LogP contribution is 2.29. The molecular weight excluding hydrogens is 412 g/mol. The monoisotopic (exact) mass is 436 g/mol. The van der Waals surface area contributed by atoms with Gasteiger partial charge in [-0.25, -0.2) is 0 Å². The van der Waals surface area contributed by atoms with Crippen molar-refractivity contribution < 1.29 is 9.59 Å². The van der Waals surface area contributed by atoms with Crippen molar-refractivity contribution in [3.8, 4) is 11.1 Å². The standard InChI is InChI=1S/C28H24N2O3/c1-18-7-8-21(27(32)29-23-10-11-23)14-25(18)20-9-12-24-26(13-20)22(17-31)16-30(28(24)33)15-19-5-3-2-4-6-19/h2-9,12-14,16-17,23H,10-11,15H2,1H3,(H,29,32). The van der Waals surface area contributed by atoms with Crippen LogP contribution >= 0.6 is 0 Å². The number of carbonyl (C=O) groups excluding carboxylic acids is 2. The number of benzene rings is 3. The van der Waals surface area contributed by atoms with Crippen LogP contribution in [0.3, 0.4) is 0 Å². The Morgan fingerprint density at radius 2 is 1.82 bits per heavy atom. The highest BCUT2D eigenvalue weighted by Gasteiger charge is 2.24. The van der Waals surface area contributed by atoms with Gasteiger partial charge in [0, 0.05) is 28.8 Å². The molecule has 1 heterocycles. The predicted octanol–water partition coefficient (Wildman–Crippen LogP) is 4.73. The van der Waals surface area contributed by atoms with Gasteiger partial charge in [0.15, 0.2) is 6.29 Å². The van der Waals surface area contributed by atoms with Gasteiger partial charge < -0.3 is 9.88 Å². The zero-order valence-corrected chi connectivity index (χ0v) is 18.4. The number of aromatic nitrogens is 1. The summed E-state index contributed by atoms with van der Waals surface area (Å²) in [5.74, 6) is -0.0723. The molecule has 164 valence electrons. The number of amides is 1. The van der Waals surface area contributed by atoms with Gasteiger partial charge in [-0.2, -0.15) is 0 Å². The zero-order valence-electron chi connectivity index (χ0n) is 18.4. The molecule has 33 heavy (non-hydrogen) atoms. The van der Waals surface area contributed by atoms with Crippen LogP contribution in [0.15, 0.2) is 77.7 Å². The molecule has 5 rings (SSSR count). The summed E-state index contributed by atoms with van der Waals surface area (Å²) in [4.78, 5) is 37.6. The molecule has 5 heteroatoms. The molecule has 1 fully saturated rings. The first kappa shape index (κ1) is 20.9. The number of aldehydes is 1. The number of nitrogens with one attached hydrogen (secondary N) is 1. The summed E-state index contributed by atoms with van der Waals surface area (Å²) in [6, 6.07) is 21.2. The lowest BCUT2D eigenvalue weighted by atomic mass is 9.95. The molecule has 1 N–H and O–H groups in total. The van der Waals surface area contributed by atoms with Crippen LogP contribution in [0.25, 0.3) is 21.9 Å². The summed E-state index contributed by atoms with van der Waals surface area (Å²) in [6.07, 6.45) is 4.48. The van der Waals surface area contributed by atoms with E-state index in [1.165, 1.54) is 0 Å². The van der Waals surface area contributed by atoms with Crippen LogP contribution in [0, 0.1) is 6.92 Å². The average molecular weight is 437 g/mol. The SMILES string of the molecule is Cc1ccc(C(=O)NC2CC2)cc1-c1ccc2c(=O)n(Cc3ccccc3)cc(C=O)c2c1. The number of hydrogen-bond donors (Lipinski definition) is 1. The summed E-state index contributed by atoms with van der Waals surface area (Å²) in [6.45, 7) is 2.38. The van der Waals surface area contributed by atoms with Crippen molar-refractivity contribution in [3.05, 3.63) is 106 Å². The van der Waals surface area contributed by atoms with E-state index in [2.05, 4.69) is 5.32 Å². The van der Waals surface area contributed by atoms with Crippen LogP contribution in [0.5, 0.6) is 0 Å². The Labute approximate surface area is 191 Å². The van der Waals surface area contributed by atoms with E-state index in [-0.39, 0.29) is 17.5 Å². The quantitative estimate of drug-likeness (QED) is 0.444. The van der Waals surface area contributed by atoms with Gasteiger partial charge in [-0.05, 0) is 71.7 Å². The first-order chi connectivity index (χ1) is 16.0. The van der Waals surface area contributed by atoms with Gasteiger partial charge in [0.1, 0.15) is 0 Å². The summed E-state index contributed by atoms with van der Waals surface area (Å²) in [5, 5.41) is 4.13. The van der Waals surface area contributed by atoms with E-state index in [1.807, 2.05) is 67.6 Å². The zero-order chi connectivity index (χ0) is 22.9. The van der Waals surface area contributed by atoms with Gasteiger partial charge in [-0.1, -0.05) is 42.5 Å². The molecule has 1 aliphatic carbocycles. The lowest BCUT2D eigenvalue weighted by Gasteiger charge is -2.13. The number of aryl methyl sites for hydroxylation is 1. The average Bonchev–Trinajstić information content (AvgIpc) is 3.65. The predicted molar refractivity (Wildman–Crippen MR) is 130 cm³/mol. The minimum Gasteiger partial charge on any atom is -0.349 e. The Bertz CT molecular complexity index is 1430. The molecule has 0 atom stereocenters. The third-order valence-electron chi connectivity index (χ3n) is 6.16. The number of nitrogens with zero attached hydrogens (tertiary/aromatic N) is 1. The smallest absolute Gasteiger partial charge is 0.258 e. The van der Waals surface area contributed by atoms with E-state index >= 15 is 0 Å². The lowest BCUT2D eigenvalue weighted by molar-refractivity contribution is 0.0950. The molecule has 1 aromatic heterocycles. The molecule has 0 unspecified atom stereocenters. The highest BCUT2D eigenvalue weighted by atomic mass is 16.2. The van der Waals surface area contributed by atoms with Crippen LogP contribution in [-0.4, -0.2) is 22.8 Å². The molecule has 1 saturated carbocycles.